The van der Waals surface area contributed by atoms with Crippen molar-refractivity contribution in [1.82, 2.24) is 10.3 Å². The Balaban J connectivity index is 2.02. The third kappa shape index (κ3) is 3.09. The van der Waals surface area contributed by atoms with Crippen molar-refractivity contribution in [3.63, 3.8) is 0 Å². The molecule has 1 aromatic carbocycles. The Morgan fingerprint density at radius 2 is 2.20 bits per heavy atom. The van der Waals surface area contributed by atoms with Crippen LogP contribution in [0.1, 0.15) is 25.9 Å². The largest absolute Gasteiger partial charge is 0.476 e. The van der Waals surface area contributed by atoms with Gasteiger partial charge >= 0.3 is 5.97 Å². The van der Waals surface area contributed by atoms with Gasteiger partial charge in [-0.15, -0.1) is 11.3 Å². The fourth-order valence-electron chi connectivity index (χ4n) is 1.46. The quantitative estimate of drug-likeness (QED) is 0.741. The molecule has 6 nitrogen and oxygen atoms in total. The maximum atomic E-state index is 13.5. The number of aromatic carboxylic acids is 1. The Hall–Kier alpha value is -2.48. The molecule has 1 amide bonds. The fraction of sp³-hybridized carbons (Fsp3) is 0.0833. The van der Waals surface area contributed by atoms with Crippen molar-refractivity contribution in [2.75, 3.05) is 5.73 Å². The maximum absolute atomic E-state index is 13.5. The van der Waals surface area contributed by atoms with Crippen molar-refractivity contribution in [2.45, 2.75) is 6.54 Å². The molecular formula is C12H10FN3O3S. The molecule has 0 radical (unpaired) electrons. The van der Waals surface area contributed by atoms with Crippen LogP contribution in [0.5, 0.6) is 0 Å². The van der Waals surface area contributed by atoms with E-state index in [1.807, 2.05) is 0 Å². The van der Waals surface area contributed by atoms with Crippen LogP contribution in [0, 0.1) is 5.82 Å². The number of carbonyl (C=O) groups is 2. The molecule has 0 bridgehead atoms. The van der Waals surface area contributed by atoms with Gasteiger partial charge in [0.15, 0.2) is 5.69 Å². The Bertz CT molecular complexity index is 672. The molecule has 0 saturated carbocycles. The Labute approximate surface area is 117 Å². The standard InChI is InChI=1S/C12H10FN3O3S/c13-8-3-6(14)1-2-7(8)11(17)15-4-10-16-9(5-20-10)12(18)19/h1-3,5H,4,14H2,(H,15,17)(H,18,19). The first-order chi connectivity index (χ1) is 9.47. The van der Waals surface area contributed by atoms with Gasteiger partial charge in [-0.25, -0.2) is 14.2 Å². The monoisotopic (exact) mass is 295 g/mol. The number of carbonyl (C=O) groups excluding carboxylic acids is 1. The highest BCUT2D eigenvalue weighted by Gasteiger charge is 2.13. The minimum absolute atomic E-state index is 0.0284. The first kappa shape index (κ1) is 13.9. The SMILES string of the molecule is Nc1ccc(C(=O)NCc2nc(C(=O)O)cs2)c(F)c1. The van der Waals surface area contributed by atoms with Gasteiger partial charge in [0, 0.05) is 11.1 Å². The van der Waals surface area contributed by atoms with Gasteiger partial charge in [0.25, 0.3) is 5.91 Å². The van der Waals surface area contributed by atoms with Crippen LogP contribution in [0.4, 0.5) is 10.1 Å². The van der Waals surface area contributed by atoms with E-state index in [2.05, 4.69) is 10.3 Å². The summed E-state index contributed by atoms with van der Waals surface area (Å²) in [7, 11) is 0. The number of hydrogen-bond donors (Lipinski definition) is 3. The fourth-order valence-corrected chi connectivity index (χ4v) is 2.16. The van der Waals surface area contributed by atoms with Gasteiger partial charge in [0.05, 0.1) is 12.1 Å². The van der Waals surface area contributed by atoms with E-state index in [9.17, 15) is 14.0 Å². The summed E-state index contributed by atoms with van der Waals surface area (Å²) in [5, 5.41) is 13.0. The number of aromatic nitrogens is 1. The predicted molar refractivity (Wildman–Crippen MR) is 71.1 cm³/mol. The van der Waals surface area contributed by atoms with E-state index in [1.165, 1.54) is 17.5 Å². The van der Waals surface area contributed by atoms with Crippen LogP contribution >= 0.6 is 11.3 Å². The molecule has 0 unspecified atom stereocenters. The first-order valence-corrected chi connectivity index (χ1v) is 6.36. The van der Waals surface area contributed by atoms with E-state index in [1.54, 1.807) is 0 Å². The van der Waals surface area contributed by atoms with Crippen molar-refractivity contribution >= 4 is 28.9 Å². The average molecular weight is 295 g/mol. The van der Waals surface area contributed by atoms with Crippen molar-refractivity contribution in [2.24, 2.45) is 0 Å². The molecule has 0 aliphatic carbocycles. The Morgan fingerprint density at radius 1 is 1.45 bits per heavy atom. The van der Waals surface area contributed by atoms with E-state index in [0.717, 1.165) is 17.4 Å². The maximum Gasteiger partial charge on any atom is 0.355 e. The second kappa shape index (κ2) is 5.66. The number of nitrogen functional groups attached to an aromatic ring is 1. The van der Waals surface area contributed by atoms with E-state index in [-0.39, 0.29) is 23.5 Å². The molecule has 104 valence electrons. The highest BCUT2D eigenvalue weighted by Crippen LogP contribution is 2.13. The number of nitrogens with two attached hydrogens (primary N) is 1. The number of nitrogens with one attached hydrogen (secondary N) is 1. The van der Waals surface area contributed by atoms with E-state index in [0.29, 0.717) is 5.01 Å². The molecule has 0 aliphatic heterocycles. The van der Waals surface area contributed by atoms with Gasteiger partial charge in [-0.1, -0.05) is 0 Å². The lowest BCUT2D eigenvalue weighted by Crippen LogP contribution is -2.23. The van der Waals surface area contributed by atoms with Crippen LogP contribution < -0.4 is 11.1 Å². The minimum atomic E-state index is -1.14. The summed E-state index contributed by atoms with van der Waals surface area (Å²) in [5.41, 5.74) is 5.40. The minimum Gasteiger partial charge on any atom is -0.476 e. The molecule has 1 heterocycles. The molecule has 0 saturated heterocycles. The second-order valence-corrected chi connectivity index (χ2v) is 4.80. The molecule has 2 aromatic rings. The van der Waals surface area contributed by atoms with E-state index >= 15 is 0 Å². The number of thiazole rings is 1. The number of hydrogen-bond acceptors (Lipinski definition) is 5. The summed E-state index contributed by atoms with van der Waals surface area (Å²) in [4.78, 5) is 26.2. The number of carboxylic acids is 1. The zero-order valence-electron chi connectivity index (χ0n) is 10.1. The van der Waals surface area contributed by atoms with Crippen LogP contribution in [-0.2, 0) is 6.54 Å². The number of rotatable bonds is 4. The molecule has 8 heteroatoms. The summed E-state index contributed by atoms with van der Waals surface area (Å²) in [5.74, 6) is -2.47. The number of anilines is 1. The molecule has 0 aliphatic rings. The topological polar surface area (TPSA) is 105 Å². The number of nitrogens with zero attached hydrogens (tertiary/aromatic N) is 1. The summed E-state index contributed by atoms with van der Waals surface area (Å²) in [6.45, 7) is 0.0284. The van der Waals surface area contributed by atoms with Crippen molar-refractivity contribution < 1.29 is 19.1 Å². The third-order valence-electron chi connectivity index (χ3n) is 2.41. The van der Waals surface area contributed by atoms with Gasteiger partial charge in [-0.2, -0.15) is 0 Å². The van der Waals surface area contributed by atoms with Crippen LogP contribution in [0.3, 0.4) is 0 Å². The zero-order chi connectivity index (χ0) is 14.7. The van der Waals surface area contributed by atoms with E-state index < -0.39 is 17.7 Å². The summed E-state index contributed by atoms with van der Waals surface area (Å²) < 4.78 is 13.5. The van der Waals surface area contributed by atoms with E-state index in [4.69, 9.17) is 10.8 Å². The Morgan fingerprint density at radius 3 is 2.80 bits per heavy atom. The highest BCUT2D eigenvalue weighted by molar-refractivity contribution is 7.09. The molecule has 0 fully saturated rings. The number of amides is 1. The lowest BCUT2D eigenvalue weighted by molar-refractivity contribution is 0.0691. The molecule has 1 aromatic heterocycles. The number of halogens is 1. The molecular weight excluding hydrogens is 285 g/mol. The predicted octanol–water partition coefficient (Wildman–Crippen LogP) is 1.49. The lowest BCUT2D eigenvalue weighted by Gasteiger charge is -2.05. The summed E-state index contributed by atoms with van der Waals surface area (Å²) >= 11 is 1.10. The van der Waals surface area contributed by atoms with Gasteiger partial charge in [0.1, 0.15) is 10.8 Å². The third-order valence-corrected chi connectivity index (χ3v) is 3.26. The van der Waals surface area contributed by atoms with Crippen LogP contribution in [0.25, 0.3) is 0 Å². The van der Waals surface area contributed by atoms with Gasteiger partial charge in [0.2, 0.25) is 0 Å². The molecule has 2 rings (SSSR count). The van der Waals surface area contributed by atoms with Gasteiger partial charge in [-0.3, -0.25) is 4.79 Å². The van der Waals surface area contributed by atoms with Gasteiger partial charge < -0.3 is 16.2 Å². The lowest BCUT2D eigenvalue weighted by atomic mass is 10.2. The molecule has 20 heavy (non-hydrogen) atoms. The average Bonchev–Trinajstić information content (AvgIpc) is 2.85. The molecule has 4 N–H and O–H groups in total. The van der Waals surface area contributed by atoms with Gasteiger partial charge in [-0.05, 0) is 18.2 Å². The molecule has 0 spiro atoms. The number of benzene rings is 1. The highest BCUT2D eigenvalue weighted by atomic mass is 32.1. The van der Waals surface area contributed by atoms with Crippen molar-refractivity contribution in [3.8, 4) is 0 Å². The van der Waals surface area contributed by atoms with Crippen LogP contribution in [-0.4, -0.2) is 22.0 Å². The zero-order valence-corrected chi connectivity index (χ0v) is 10.9. The summed E-state index contributed by atoms with van der Waals surface area (Å²) in [6, 6.07) is 3.76. The Kier molecular flexibility index (Phi) is 3.94. The van der Waals surface area contributed by atoms with Crippen molar-refractivity contribution in [1.29, 1.82) is 0 Å². The van der Waals surface area contributed by atoms with Crippen LogP contribution in [0.2, 0.25) is 0 Å². The smallest absolute Gasteiger partial charge is 0.355 e. The van der Waals surface area contributed by atoms with Crippen molar-refractivity contribution in [3.05, 3.63) is 45.7 Å². The summed E-state index contributed by atoms with van der Waals surface area (Å²) in [6.07, 6.45) is 0. The first-order valence-electron chi connectivity index (χ1n) is 5.48. The second-order valence-electron chi connectivity index (χ2n) is 3.85. The molecule has 0 atom stereocenters. The normalized spacial score (nSPS) is 10.2. The van der Waals surface area contributed by atoms with Crippen LogP contribution in [0.15, 0.2) is 23.6 Å². The number of carboxylic acid groups (broad SMARTS) is 1.